The Morgan fingerprint density at radius 1 is 1.30 bits per heavy atom. The molecule has 0 radical (unpaired) electrons. The molecule has 7 heteroatoms. The Morgan fingerprint density at radius 3 is 2.45 bits per heavy atom. The molecule has 1 aromatic carbocycles. The number of carboxylic acid groups (broad SMARTS) is 1. The van der Waals surface area contributed by atoms with Gasteiger partial charge in [-0.3, -0.25) is 0 Å². The van der Waals surface area contributed by atoms with Crippen LogP contribution < -0.4 is 0 Å². The normalized spacial score (nSPS) is 20.2. The molecule has 0 saturated carbocycles. The zero-order valence-electron chi connectivity index (χ0n) is 11.3. The second-order valence-corrected chi connectivity index (χ2v) is 6.95. The zero-order valence-corrected chi connectivity index (χ0v) is 12.1. The van der Waals surface area contributed by atoms with Crippen molar-refractivity contribution in [3.05, 3.63) is 28.8 Å². The number of β-amino-alcohol motifs (C(OH)–C–C–N with tert-alkyl or cyclic N) is 1. The molecule has 1 unspecified atom stereocenters. The molecule has 2 rings (SSSR count). The number of aliphatic hydroxyl groups is 1. The highest BCUT2D eigenvalue weighted by atomic mass is 32.2. The van der Waals surface area contributed by atoms with Gasteiger partial charge in [0.25, 0.3) is 0 Å². The largest absolute Gasteiger partial charge is 0.478 e. The van der Waals surface area contributed by atoms with E-state index in [9.17, 15) is 18.3 Å². The van der Waals surface area contributed by atoms with Crippen LogP contribution in [-0.4, -0.2) is 48.1 Å². The minimum absolute atomic E-state index is 0.00500. The Balaban J connectivity index is 2.51. The molecule has 1 heterocycles. The highest BCUT2D eigenvalue weighted by Crippen LogP contribution is 2.26. The summed E-state index contributed by atoms with van der Waals surface area (Å²) in [4.78, 5) is 11.1. The Hall–Kier alpha value is -1.44. The van der Waals surface area contributed by atoms with E-state index < -0.39 is 22.1 Å². The number of aryl methyl sites for hydroxylation is 2. The molecule has 1 aliphatic heterocycles. The molecule has 0 aliphatic carbocycles. The fourth-order valence-electron chi connectivity index (χ4n) is 2.41. The molecule has 110 valence electrons. The molecule has 2 N–H and O–H groups in total. The monoisotopic (exact) mass is 299 g/mol. The molecule has 1 fully saturated rings. The van der Waals surface area contributed by atoms with Crippen molar-refractivity contribution in [1.82, 2.24) is 4.31 Å². The lowest BCUT2D eigenvalue weighted by molar-refractivity contribution is 0.0696. The summed E-state index contributed by atoms with van der Waals surface area (Å²) in [5.74, 6) is -1.15. The maximum atomic E-state index is 12.5. The molecule has 0 spiro atoms. The molecular weight excluding hydrogens is 282 g/mol. The fraction of sp³-hybridized carbons (Fsp3) is 0.462. The van der Waals surface area contributed by atoms with Gasteiger partial charge in [0, 0.05) is 13.1 Å². The van der Waals surface area contributed by atoms with Gasteiger partial charge in [0.2, 0.25) is 10.0 Å². The molecule has 20 heavy (non-hydrogen) atoms. The van der Waals surface area contributed by atoms with Gasteiger partial charge in [-0.25, -0.2) is 13.2 Å². The van der Waals surface area contributed by atoms with Gasteiger partial charge in [0.15, 0.2) is 0 Å². The maximum Gasteiger partial charge on any atom is 0.335 e. The number of sulfonamides is 1. The third kappa shape index (κ3) is 2.56. The average molecular weight is 299 g/mol. The fourth-order valence-corrected chi connectivity index (χ4v) is 4.13. The van der Waals surface area contributed by atoms with Gasteiger partial charge < -0.3 is 10.2 Å². The Bertz CT molecular complexity index is 653. The molecule has 1 aliphatic rings. The second kappa shape index (κ2) is 5.16. The first-order valence-electron chi connectivity index (χ1n) is 6.26. The number of aliphatic hydroxyl groups excluding tert-OH is 1. The summed E-state index contributed by atoms with van der Waals surface area (Å²) in [6.45, 7) is 3.57. The molecule has 0 amide bonds. The summed E-state index contributed by atoms with van der Waals surface area (Å²) in [6.07, 6.45) is -0.259. The SMILES string of the molecule is Cc1cc(C)c(S(=O)(=O)N2CCC(O)C2)cc1C(=O)O. The van der Waals surface area contributed by atoms with E-state index in [1.54, 1.807) is 19.9 Å². The van der Waals surface area contributed by atoms with E-state index >= 15 is 0 Å². The van der Waals surface area contributed by atoms with Crippen LogP contribution in [-0.2, 0) is 10.0 Å². The summed E-state index contributed by atoms with van der Waals surface area (Å²) >= 11 is 0. The van der Waals surface area contributed by atoms with Gasteiger partial charge in [-0.15, -0.1) is 0 Å². The molecule has 1 atom stereocenters. The third-order valence-electron chi connectivity index (χ3n) is 3.50. The predicted octanol–water partition coefficient (Wildman–Crippen LogP) is 0.757. The zero-order chi connectivity index (χ0) is 15.1. The summed E-state index contributed by atoms with van der Waals surface area (Å²) in [7, 11) is -3.77. The third-order valence-corrected chi connectivity index (χ3v) is 5.50. The van der Waals surface area contributed by atoms with Crippen molar-refractivity contribution in [2.45, 2.75) is 31.3 Å². The Labute approximate surface area is 117 Å². The minimum Gasteiger partial charge on any atom is -0.478 e. The number of aromatic carboxylic acids is 1. The van der Waals surface area contributed by atoms with E-state index in [0.717, 1.165) is 0 Å². The lowest BCUT2D eigenvalue weighted by Gasteiger charge is -2.18. The van der Waals surface area contributed by atoms with Gasteiger partial charge in [0.05, 0.1) is 16.6 Å². The quantitative estimate of drug-likeness (QED) is 0.859. The van der Waals surface area contributed by atoms with Gasteiger partial charge in [-0.05, 0) is 37.5 Å². The van der Waals surface area contributed by atoms with Crippen molar-refractivity contribution in [2.24, 2.45) is 0 Å². The lowest BCUT2D eigenvalue weighted by atomic mass is 10.1. The van der Waals surface area contributed by atoms with Gasteiger partial charge in [-0.2, -0.15) is 4.31 Å². The van der Waals surface area contributed by atoms with E-state index in [4.69, 9.17) is 5.11 Å². The van der Waals surface area contributed by atoms with Crippen LogP contribution in [0.1, 0.15) is 27.9 Å². The molecular formula is C13H17NO5S. The summed E-state index contributed by atoms with van der Waals surface area (Å²) in [5, 5.41) is 18.6. The minimum atomic E-state index is -3.77. The van der Waals surface area contributed by atoms with E-state index in [2.05, 4.69) is 0 Å². The number of hydrogen-bond acceptors (Lipinski definition) is 4. The van der Waals surface area contributed by atoms with Crippen molar-refractivity contribution in [3.8, 4) is 0 Å². The van der Waals surface area contributed by atoms with E-state index in [-0.39, 0.29) is 23.5 Å². The van der Waals surface area contributed by atoms with Crippen molar-refractivity contribution in [3.63, 3.8) is 0 Å². The number of hydrogen-bond donors (Lipinski definition) is 2. The predicted molar refractivity (Wildman–Crippen MR) is 72.3 cm³/mol. The van der Waals surface area contributed by atoms with Crippen molar-refractivity contribution in [1.29, 1.82) is 0 Å². The number of nitrogens with zero attached hydrogens (tertiary/aromatic N) is 1. The van der Waals surface area contributed by atoms with E-state index in [1.165, 1.54) is 10.4 Å². The second-order valence-electron chi connectivity index (χ2n) is 5.04. The van der Waals surface area contributed by atoms with Crippen LogP contribution in [0.3, 0.4) is 0 Å². The highest BCUT2D eigenvalue weighted by Gasteiger charge is 2.33. The van der Waals surface area contributed by atoms with Gasteiger partial charge >= 0.3 is 5.97 Å². The molecule has 0 bridgehead atoms. The van der Waals surface area contributed by atoms with Gasteiger partial charge in [0.1, 0.15) is 0 Å². The molecule has 1 saturated heterocycles. The van der Waals surface area contributed by atoms with Crippen LogP contribution in [0.25, 0.3) is 0 Å². The van der Waals surface area contributed by atoms with Crippen molar-refractivity contribution in [2.75, 3.05) is 13.1 Å². The smallest absolute Gasteiger partial charge is 0.335 e. The van der Waals surface area contributed by atoms with Crippen molar-refractivity contribution >= 4 is 16.0 Å². The van der Waals surface area contributed by atoms with E-state index in [1.807, 2.05) is 0 Å². The van der Waals surface area contributed by atoms with Crippen molar-refractivity contribution < 1.29 is 23.4 Å². The van der Waals surface area contributed by atoms with Crippen LogP contribution in [0.5, 0.6) is 0 Å². The number of rotatable bonds is 3. The number of carboxylic acids is 1. The average Bonchev–Trinajstić information content (AvgIpc) is 2.75. The Kier molecular flexibility index (Phi) is 3.86. The van der Waals surface area contributed by atoms with Crippen LogP contribution in [0, 0.1) is 13.8 Å². The maximum absolute atomic E-state index is 12.5. The lowest BCUT2D eigenvalue weighted by Crippen LogP contribution is -2.30. The van der Waals surface area contributed by atoms with Gasteiger partial charge in [-0.1, -0.05) is 6.07 Å². The molecule has 6 nitrogen and oxygen atoms in total. The number of carbonyl (C=O) groups is 1. The van der Waals surface area contributed by atoms with Crippen LogP contribution >= 0.6 is 0 Å². The standard InChI is InChI=1S/C13H17NO5S/c1-8-5-9(2)12(6-11(8)13(16)17)20(18,19)14-4-3-10(15)7-14/h5-6,10,15H,3-4,7H2,1-2H3,(H,16,17). The van der Waals surface area contributed by atoms with Crippen LogP contribution in [0.2, 0.25) is 0 Å². The molecule has 1 aromatic rings. The summed E-state index contributed by atoms with van der Waals surface area (Å²) < 4.78 is 26.2. The Morgan fingerprint density at radius 2 is 1.95 bits per heavy atom. The summed E-state index contributed by atoms with van der Waals surface area (Å²) in [5.41, 5.74) is 1.01. The number of benzene rings is 1. The first-order valence-corrected chi connectivity index (χ1v) is 7.70. The molecule has 0 aromatic heterocycles. The van der Waals surface area contributed by atoms with E-state index in [0.29, 0.717) is 17.5 Å². The summed E-state index contributed by atoms with van der Waals surface area (Å²) in [6, 6.07) is 2.76. The van der Waals surface area contributed by atoms with Crippen LogP contribution in [0.15, 0.2) is 17.0 Å². The topological polar surface area (TPSA) is 94.9 Å². The van der Waals surface area contributed by atoms with Crippen LogP contribution in [0.4, 0.5) is 0 Å². The first kappa shape index (κ1) is 15.0. The first-order chi connectivity index (χ1) is 9.23. The highest BCUT2D eigenvalue weighted by molar-refractivity contribution is 7.89.